The average molecular weight is 266 g/mol. The van der Waals surface area contributed by atoms with Gasteiger partial charge in [0.15, 0.2) is 5.69 Å². The van der Waals surface area contributed by atoms with Crippen LogP contribution in [0.2, 0.25) is 0 Å². The van der Waals surface area contributed by atoms with Gasteiger partial charge in [0.1, 0.15) is 5.01 Å². The summed E-state index contributed by atoms with van der Waals surface area (Å²) in [5.41, 5.74) is -0.743. The predicted octanol–water partition coefficient (Wildman–Crippen LogP) is 2.39. The van der Waals surface area contributed by atoms with Crippen molar-refractivity contribution < 1.29 is 17.9 Å². The number of nitrogens with one attached hydrogen (secondary N) is 1. The third-order valence-electron chi connectivity index (χ3n) is 2.52. The van der Waals surface area contributed by atoms with E-state index in [1.165, 1.54) is 0 Å². The van der Waals surface area contributed by atoms with Gasteiger partial charge in [-0.3, -0.25) is 0 Å². The molecule has 7 heteroatoms. The van der Waals surface area contributed by atoms with E-state index in [0.717, 1.165) is 11.3 Å². The van der Waals surface area contributed by atoms with Crippen LogP contribution in [0.5, 0.6) is 0 Å². The topological polar surface area (TPSA) is 34.1 Å². The van der Waals surface area contributed by atoms with Crippen molar-refractivity contribution in [1.29, 1.82) is 0 Å². The van der Waals surface area contributed by atoms with Crippen LogP contribution in [0.25, 0.3) is 0 Å². The van der Waals surface area contributed by atoms with Crippen LogP contribution in [-0.2, 0) is 17.3 Å². The maximum absolute atomic E-state index is 12.7. The van der Waals surface area contributed by atoms with Gasteiger partial charge < -0.3 is 10.1 Å². The van der Waals surface area contributed by atoms with Gasteiger partial charge in [-0.2, -0.15) is 13.2 Å². The Kier molecular flexibility index (Phi) is 3.70. The first-order valence-electron chi connectivity index (χ1n) is 5.40. The number of alkyl halides is 3. The molecule has 2 heterocycles. The lowest BCUT2D eigenvalue weighted by molar-refractivity contribution is -0.141. The highest BCUT2D eigenvalue weighted by molar-refractivity contribution is 7.11. The minimum atomic E-state index is -4.37. The molecule has 0 spiro atoms. The summed E-state index contributed by atoms with van der Waals surface area (Å²) in [6.07, 6.45) is -4.02. The van der Waals surface area contributed by atoms with Crippen molar-refractivity contribution in [3.05, 3.63) is 15.6 Å². The highest BCUT2D eigenvalue weighted by Gasteiger charge is 2.37. The molecular formula is C10H13F3N2OS. The van der Waals surface area contributed by atoms with E-state index in [4.69, 9.17) is 4.74 Å². The SMILES string of the molecule is CCc1sc(C2COCCN2)nc1C(F)(F)F. The lowest BCUT2D eigenvalue weighted by atomic mass is 10.3. The fourth-order valence-corrected chi connectivity index (χ4v) is 2.79. The molecule has 96 valence electrons. The first-order chi connectivity index (χ1) is 8.02. The molecule has 1 aliphatic rings. The number of ether oxygens (including phenoxy) is 1. The average Bonchev–Trinajstić information content (AvgIpc) is 2.74. The standard InChI is InChI=1S/C10H13F3N2OS/c1-2-7-8(10(11,12)13)15-9(17-7)6-5-16-4-3-14-6/h6,14H,2-5H2,1H3. The van der Waals surface area contributed by atoms with E-state index in [9.17, 15) is 13.2 Å². The molecule has 1 saturated heterocycles. The zero-order valence-corrected chi connectivity index (χ0v) is 10.1. The van der Waals surface area contributed by atoms with Crippen molar-refractivity contribution in [2.24, 2.45) is 0 Å². The molecule has 1 aromatic rings. The number of rotatable bonds is 2. The molecule has 17 heavy (non-hydrogen) atoms. The summed E-state index contributed by atoms with van der Waals surface area (Å²) in [4.78, 5) is 4.02. The van der Waals surface area contributed by atoms with Crippen molar-refractivity contribution in [2.45, 2.75) is 25.6 Å². The fraction of sp³-hybridized carbons (Fsp3) is 0.700. The third kappa shape index (κ3) is 2.78. The van der Waals surface area contributed by atoms with E-state index >= 15 is 0 Å². The normalized spacial score (nSPS) is 21.8. The Morgan fingerprint density at radius 1 is 1.53 bits per heavy atom. The van der Waals surface area contributed by atoms with E-state index in [1.54, 1.807) is 6.92 Å². The van der Waals surface area contributed by atoms with E-state index in [-0.39, 0.29) is 6.04 Å². The molecule has 0 amide bonds. The summed E-state index contributed by atoms with van der Waals surface area (Å²) in [5.74, 6) is 0. The Morgan fingerprint density at radius 3 is 2.76 bits per heavy atom. The monoisotopic (exact) mass is 266 g/mol. The van der Waals surface area contributed by atoms with Crippen molar-refractivity contribution in [3.8, 4) is 0 Å². The number of hydrogen-bond donors (Lipinski definition) is 1. The van der Waals surface area contributed by atoms with Gasteiger partial charge >= 0.3 is 6.18 Å². The van der Waals surface area contributed by atoms with E-state index in [2.05, 4.69) is 10.3 Å². The van der Waals surface area contributed by atoms with Gasteiger partial charge in [-0.25, -0.2) is 4.98 Å². The van der Waals surface area contributed by atoms with Gasteiger partial charge in [0.25, 0.3) is 0 Å². The summed E-state index contributed by atoms with van der Waals surface area (Å²) in [7, 11) is 0. The quantitative estimate of drug-likeness (QED) is 0.892. The van der Waals surface area contributed by atoms with Crippen LogP contribution in [0.4, 0.5) is 13.2 Å². The Labute approximate surface area is 101 Å². The van der Waals surface area contributed by atoms with Crippen LogP contribution in [0.1, 0.15) is 28.5 Å². The minimum Gasteiger partial charge on any atom is -0.378 e. The summed E-state index contributed by atoms with van der Waals surface area (Å²) in [5, 5.41) is 3.57. The third-order valence-corrected chi connectivity index (χ3v) is 3.84. The lowest BCUT2D eigenvalue weighted by Gasteiger charge is -2.21. The first kappa shape index (κ1) is 12.8. The van der Waals surface area contributed by atoms with E-state index < -0.39 is 11.9 Å². The summed E-state index contributed by atoms with van der Waals surface area (Å²) < 4.78 is 43.4. The van der Waals surface area contributed by atoms with Crippen molar-refractivity contribution in [1.82, 2.24) is 10.3 Å². The maximum atomic E-state index is 12.7. The second-order valence-electron chi connectivity index (χ2n) is 3.76. The Morgan fingerprint density at radius 2 is 2.29 bits per heavy atom. The van der Waals surface area contributed by atoms with Gasteiger partial charge in [0, 0.05) is 11.4 Å². The number of hydrogen-bond acceptors (Lipinski definition) is 4. The van der Waals surface area contributed by atoms with E-state index in [1.807, 2.05) is 0 Å². The molecule has 1 aliphatic heterocycles. The van der Waals surface area contributed by atoms with Gasteiger partial charge in [-0.05, 0) is 6.42 Å². The van der Waals surface area contributed by atoms with Crippen LogP contribution >= 0.6 is 11.3 Å². The van der Waals surface area contributed by atoms with Gasteiger partial charge in [-0.1, -0.05) is 6.92 Å². The molecule has 0 bridgehead atoms. The summed E-state index contributed by atoms with van der Waals surface area (Å²) in [6, 6.07) is -0.213. The molecular weight excluding hydrogens is 253 g/mol. The van der Waals surface area contributed by atoms with Crippen molar-refractivity contribution in [3.63, 3.8) is 0 Å². The highest BCUT2D eigenvalue weighted by Crippen LogP contribution is 2.36. The van der Waals surface area contributed by atoms with E-state index in [0.29, 0.717) is 36.1 Å². The Bertz CT molecular complexity index is 385. The fourth-order valence-electron chi connectivity index (χ4n) is 1.70. The first-order valence-corrected chi connectivity index (χ1v) is 6.22. The summed E-state index contributed by atoms with van der Waals surface area (Å²) >= 11 is 1.12. The van der Waals surface area contributed by atoms with Crippen LogP contribution in [0, 0.1) is 0 Å². The van der Waals surface area contributed by atoms with Gasteiger partial charge in [-0.15, -0.1) is 11.3 Å². The molecule has 0 aliphatic carbocycles. The number of morpholine rings is 1. The predicted molar refractivity (Wildman–Crippen MR) is 58.1 cm³/mol. The molecule has 1 atom stereocenters. The Hall–Kier alpha value is -0.660. The van der Waals surface area contributed by atoms with Gasteiger partial charge in [0.2, 0.25) is 0 Å². The zero-order valence-electron chi connectivity index (χ0n) is 9.30. The second kappa shape index (κ2) is 4.91. The second-order valence-corrected chi connectivity index (χ2v) is 4.87. The zero-order chi connectivity index (χ0) is 12.5. The number of halogens is 3. The summed E-state index contributed by atoms with van der Waals surface area (Å²) in [6.45, 7) is 3.33. The molecule has 0 aromatic carbocycles. The Balaban J connectivity index is 2.27. The largest absolute Gasteiger partial charge is 0.434 e. The smallest absolute Gasteiger partial charge is 0.378 e. The van der Waals surface area contributed by atoms with Gasteiger partial charge in [0.05, 0.1) is 19.3 Å². The molecule has 1 aromatic heterocycles. The molecule has 1 N–H and O–H groups in total. The van der Waals surface area contributed by atoms with Crippen molar-refractivity contribution in [2.75, 3.05) is 19.8 Å². The lowest BCUT2D eigenvalue weighted by Crippen LogP contribution is -2.34. The highest BCUT2D eigenvalue weighted by atomic mass is 32.1. The molecule has 1 fully saturated rings. The van der Waals surface area contributed by atoms with Crippen molar-refractivity contribution >= 4 is 11.3 Å². The van der Waals surface area contributed by atoms with Crippen LogP contribution in [0.3, 0.4) is 0 Å². The minimum absolute atomic E-state index is 0.213. The van der Waals surface area contributed by atoms with Crippen LogP contribution < -0.4 is 5.32 Å². The molecule has 0 radical (unpaired) electrons. The number of aryl methyl sites for hydroxylation is 1. The number of nitrogens with zero attached hydrogens (tertiary/aromatic N) is 1. The molecule has 1 unspecified atom stereocenters. The number of aromatic nitrogens is 1. The number of thiazole rings is 1. The van der Waals surface area contributed by atoms with Crippen LogP contribution in [-0.4, -0.2) is 24.7 Å². The molecule has 3 nitrogen and oxygen atoms in total. The molecule has 0 saturated carbocycles. The maximum Gasteiger partial charge on any atom is 0.434 e. The van der Waals surface area contributed by atoms with Crippen LogP contribution in [0.15, 0.2) is 0 Å². The molecule has 2 rings (SSSR count).